The van der Waals surface area contributed by atoms with Crippen molar-refractivity contribution in [3.8, 4) is 0 Å². The van der Waals surface area contributed by atoms with Gasteiger partial charge in [-0.15, -0.1) is 0 Å². The molecule has 1 fully saturated rings. The Morgan fingerprint density at radius 1 is 1.42 bits per heavy atom. The Morgan fingerprint density at radius 2 is 2.21 bits per heavy atom. The number of cyclic esters (lactones) is 1. The first-order chi connectivity index (χ1) is 9.19. The van der Waals surface area contributed by atoms with E-state index in [9.17, 15) is 9.59 Å². The number of methoxy groups -OCH3 is 1. The third kappa shape index (κ3) is 2.62. The first-order valence-electron chi connectivity index (χ1n) is 6.41. The number of esters is 2. The molecule has 4 heteroatoms. The van der Waals surface area contributed by atoms with Gasteiger partial charge in [0, 0.05) is 11.8 Å². The van der Waals surface area contributed by atoms with E-state index in [1.54, 1.807) is 0 Å². The smallest absolute Gasteiger partial charge is 0.310 e. The van der Waals surface area contributed by atoms with Gasteiger partial charge >= 0.3 is 11.9 Å². The Labute approximate surface area is 112 Å². The quantitative estimate of drug-likeness (QED) is 0.443. The molecule has 0 radical (unpaired) electrons. The van der Waals surface area contributed by atoms with Crippen molar-refractivity contribution in [2.75, 3.05) is 13.7 Å². The van der Waals surface area contributed by atoms with Crippen LogP contribution >= 0.6 is 0 Å². The van der Waals surface area contributed by atoms with Crippen LogP contribution in [0.15, 0.2) is 36.5 Å². The molecule has 4 atom stereocenters. The lowest BCUT2D eigenvalue weighted by Crippen LogP contribution is -2.38. The summed E-state index contributed by atoms with van der Waals surface area (Å²) in [5.74, 6) is -1.70. The van der Waals surface area contributed by atoms with Crippen LogP contribution in [0, 0.1) is 23.7 Å². The van der Waals surface area contributed by atoms with E-state index < -0.39 is 11.8 Å². The summed E-state index contributed by atoms with van der Waals surface area (Å²) in [6.45, 7) is 2.28. The predicted molar refractivity (Wildman–Crippen MR) is 70.0 cm³/mol. The van der Waals surface area contributed by atoms with E-state index >= 15 is 0 Å². The molecule has 0 aromatic rings. The summed E-state index contributed by atoms with van der Waals surface area (Å²) in [7, 11) is 1.35. The molecule has 102 valence electrons. The fourth-order valence-corrected chi connectivity index (χ4v) is 2.70. The number of allylic oxidation sites excluding steroid dienone is 5. The summed E-state index contributed by atoms with van der Waals surface area (Å²) in [6.07, 6.45) is 11.5. The highest BCUT2D eigenvalue weighted by Gasteiger charge is 2.49. The molecule has 19 heavy (non-hydrogen) atoms. The Morgan fingerprint density at radius 3 is 2.89 bits per heavy atom. The lowest BCUT2D eigenvalue weighted by molar-refractivity contribution is -0.155. The number of hydrogen-bond donors (Lipinski definition) is 0. The van der Waals surface area contributed by atoms with Gasteiger partial charge < -0.3 is 9.47 Å². The minimum Gasteiger partial charge on any atom is -0.469 e. The molecule has 4 nitrogen and oxygen atoms in total. The zero-order valence-corrected chi connectivity index (χ0v) is 11.1. The fourth-order valence-electron chi connectivity index (χ4n) is 2.70. The van der Waals surface area contributed by atoms with Crippen molar-refractivity contribution in [3.05, 3.63) is 36.5 Å². The molecular weight excluding hydrogens is 244 g/mol. The molecule has 1 heterocycles. The van der Waals surface area contributed by atoms with E-state index in [0.717, 1.165) is 0 Å². The van der Waals surface area contributed by atoms with E-state index in [0.29, 0.717) is 6.61 Å². The van der Waals surface area contributed by atoms with Crippen molar-refractivity contribution in [3.63, 3.8) is 0 Å². The van der Waals surface area contributed by atoms with Gasteiger partial charge in [-0.1, -0.05) is 36.5 Å². The standard InChI is InChI=1S/C15H18O4/c1-3-4-5-6-10-7-8-11-9-19-15(17)13(11)12(10)14(16)18-2/h3-8,10-13H,9H2,1-2H3/b4-3+,6-5+/t10-,11-,12+,13-/m1/s1. The SMILES string of the molecule is C/C=C/C=C/[C@@H]1C=C[C@@H]2COC(=O)[C@H]2[C@H]1C(=O)OC. The van der Waals surface area contributed by atoms with Crippen LogP contribution < -0.4 is 0 Å². The van der Waals surface area contributed by atoms with Gasteiger partial charge in [0.15, 0.2) is 0 Å². The van der Waals surface area contributed by atoms with Crippen molar-refractivity contribution in [1.82, 2.24) is 0 Å². The average Bonchev–Trinajstić information content (AvgIpc) is 2.80. The van der Waals surface area contributed by atoms with Gasteiger partial charge in [0.05, 0.1) is 25.6 Å². The van der Waals surface area contributed by atoms with Gasteiger partial charge in [-0.25, -0.2) is 0 Å². The first-order valence-corrected chi connectivity index (χ1v) is 6.41. The maximum absolute atomic E-state index is 12.0. The van der Waals surface area contributed by atoms with Crippen LogP contribution in [0.3, 0.4) is 0 Å². The first kappa shape index (κ1) is 13.6. The van der Waals surface area contributed by atoms with Gasteiger partial charge in [-0.05, 0) is 6.92 Å². The lowest BCUT2D eigenvalue weighted by Gasteiger charge is -2.29. The monoisotopic (exact) mass is 262 g/mol. The Balaban J connectivity index is 2.29. The van der Waals surface area contributed by atoms with E-state index in [1.165, 1.54) is 7.11 Å². The molecule has 0 aromatic carbocycles. The van der Waals surface area contributed by atoms with E-state index in [4.69, 9.17) is 9.47 Å². The lowest BCUT2D eigenvalue weighted by atomic mass is 9.71. The van der Waals surface area contributed by atoms with Crippen LogP contribution in [-0.4, -0.2) is 25.7 Å². The second-order valence-corrected chi connectivity index (χ2v) is 4.74. The Bertz CT molecular complexity index is 447. The number of carbonyl (C=O) groups is 2. The molecule has 1 aliphatic heterocycles. The van der Waals surface area contributed by atoms with Gasteiger partial charge in [-0.2, -0.15) is 0 Å². The highest BCUT2D eigenvalue weighted by atomic mass is 16.5. The van der Waals surface area contributed by atoms with Crippen molar-refractivity contribution >= 4 is 11.9 Å². The van der Waals surface area contributed by atoms with Crippen LogP contribution in [0.5, 0.6) is 0 Å². The van der Waals surface area contributed by atoms with Crippen molar-refractivity contribution in [1.29, 1.82) is 0 Å². The number of ether oxygens (including phenoxy) is 2. The molecule has 1 aliphatic carbocycles. The third-order valence-electron chi connectivity index (χ3n) is 3.64. The number of rotatable bonds is 3. The molecule has 0 spiro atoms. The maximum atomic E-state index is 12.0. The molecule has 0 unspecified atom stereocenters. The fraction of sp³-hybridized carbons (Fsp3) is 0.467. The molecule has 0 N–H and O–H groups in total. The van der Waals surface area contributed by atoms with Crippen LogP contribution in [0.25, 0.3) is 0 Å². The minimum absolute atomic E-state index is 0.0111. The molecule has 0 aromatic heterocycles. The van der Waals surface area contributed by atoms with Gasteiger partial charge in [0.25, 0.3) is 0 Å². The summed E-state index contributed by atoms with van der Waals surface area (Å²) < 4.78 is 9.91. The van der Waals surface area contributed by atoms with Crippen molar-refractivity contribution in [2.24, 2.45) is 23.7 Å². The minimum atomic E-state index is -0.489. The number of carbonyl (C=O) groups excluding carboxylic acids is 2. The van der Waals surface area contributed by atoms with Crippen LogP contribution in [0.4, 0.5) is 0 Å². The van der Waals surface area contributed by atoms with E-state index in [-0.39, 0.29) is 23.8 Å². The predicted octanol–water partition coefficient (Wildman–Crippen LogP) is 1.88. The highest BCUT2D eigenvalue weighted by molar-refractivity contribution is 5.84. The van der Waals surface area contributed by atoms with E-state index in [2.05, 4.69) is 0 Å². The summed E-state index contributed by atoms with van der Waals surface area (Å²) in [5, 5.41) is 0. The van der Waals surface area contributed by atoms with Crippen molar-refractivity contribution in [2.45, 2.75) is 6.92 Å². The Kier molecular flexibility index (Phi) is 4.20. The number of hydrogen-bond acceptors (Lipinski definition) is 4. The average molecular weight is 262 g/mol. The number of fused-ring (bicyclic) bond motifs is 1. The second-order valence-electron chi connectivity index (χ2n) is 4.74. The normalized spacial score (nSPS) is 33.7. The molecule has 2 aliphatic rings. The van der Waals surface area contributed by atoms with Crippen LogP contribution in [0.2, 0.25) is 0 Å². The molecule has 0 saturated carbocycles. The largest absolute Gasteiger partial charge is 0.469 e. The maximum Gasteiger partial charge on any atom is 0.310 e. The zero-order chi connectivity index (χ0) is 13.8. The van der Waals surface area contributed by atoms with Gasteiger partial charge in [-0.3, -0.25) is 9.59 Å². The summed E-state index contributed by atoms with van der Waals surface area (Å²) in [5.41, 5.74) is 0. The molecule has 0 amide bonds. The molecule has 2 rings (SSSR count). The molecule has 0 bridgehead atoms. The zero-order valence-electron chi connectivity index (χ0n) is 11.1. The van der Waals surface area contributed by atoms with Gasteiger partial charge in [0.1, 0.15) is 0 Å². The molecular formula is C15H18O4. The van der Waals surface area contributed by atoms with Crippen LogP contribution in [-0.2, 0) is 19.1 Å². The summed E-state index contributed by atoms with van der Waals surface area (Å²) >= 11 is 0. The highest BCUT2D eigenvalue weighted by Crippen LogP contribution is 2.40. The third-order valence-corrected chi connectivity index (χ3v) is 3.64. The Hall–Kier alpha value is -1.84. The summed E-state index contributed by atoms with van der Waals surface area (Å²) in [6, 6.07) is 0. The molecule has 1 saturated heterocycles. The summed E-state index contributed by atoms with van der Waals surface area (Å²) in [4.78, 5) is 23.8. The van der Waals surface area contributed by atoms with Crippen LogP contribution in [0.1, 0.15) is 6.92 Å². The second kappa shape index (κ2) is 5.87. The van der Waals surface area contributed by atoms with Gasteiger partial charge in [0.2, 0.25) is 0 Å². The van der Waals surface area contributed by atoms with Crippen molar-refractivity contribution < 1.29 is 19.1 Å². The van der Waals surface area contributed by atoms with E-state index in [1.807, 2.05) is 43.4 Å². The topological polar surface area (TPSA) is 52.6 Å².